The number of benzene rings is 1. The van der Waals surface area contributed by atoms with Gasteiger partial charge in [-0.1, -0.05) is 46.3 Å². The molecule has 130 valence electrons. The van der Waals surface area contributed by atoms with Gasteiger partial charge < -0.3 is 10.1 Å². The molecule has 2 aromatic rings. The number of amides is 1. The second kappa shape index (κ2) is 10.9. The lowest BCUT2D eigenvalue weighted by Crippen LogP contribution is -2.34. The van der Waals surface area contributed by atoms with E-state index in [2.05, 4.69) is 49.1 Å². The number of aryl methyl sites for hydroxylation is 2. The van der Waals surface area contributed by atoms with Gasteiger partial charge in [0.1, 0.15) is 19.0 Å². The van der Waals surface area contributed by atoms with Crippen LogP contribution in [0.2, 0.25) is 0 Å². The number of alkyl halides is 1. The maximum atomic E-state index is 11.6. The number of unbranched alkanes of at least 4 members (excludes halogenated alkanes) is 1. The van der Waals surface area contributed by atoms with Crippen LogP contribution >= 0.6 is 15.9 Å². The van der Waals surface area contributed by atoms with Crippen LogP contribution < -0.4 is 9.88 Å². The third-order valence-electron chi connectivity index (χ3n) is 3.62. The molecule has 24 heavy (non-hydrogen) atoms. The minimum absolute atomic E-state index is 0.304. The van der Waals surface area contributed by atoms with E-state index in [4.69, 9.17) is 4.74 Å². The SMILES string of the molecule is O=C(NCCC[n+]1ccn(CCCCBr)c1)OCc1ccccc1. The van der Waals surface area contributed by atoms with Crippen molar-refractivity contribution in [3.63, 3.8) is 0 Å². The van der Waals surface area contributed by atoms with E-state index >= 15 is 0 Å². The lowest BCUT2D eigenvalue weighted by Gasteiger charge is -2.06. The predicted molar refractivity (Wildman–Crippen MR) is 96.9 cm³/mol. The Hall–Kier alpha value is -1.82. The number of nitrogens with zero attached hydrogens (tertiary/aromatic N) is 2. The number of aromatic nitrogens is 2. The molecule has 0 bridgehead atoms. The first-order valence-corrected chi connectivity index (χ1v) is 9.45. The average Bonchev–Trinajstić information content (AvgIpc) is 3.06. The minimum atomic E-state index is -0.365. The van der Waals surface area contributed by atoms with E-state index < -0.39 is 0 Å². The predicted octanol–water partition coefficient (Wildman–Crippen LogP) is 3.27. The quantitative estimate of drug-likeness (QED) is 0.381. The van der Waals surface area contributed by atoms with Crippen LogP contribution in [0.3, 0.4) is 0 Å². The molecule has 0 saturated carbocycles. The lowest BCUT2D eigenvalue weighted by molar-refractivity contribution is -0.696. The summed E-state index contributed by atoms with van der Waals surface area (Å²) in [6.07, 6.45) is 9.15. The van der Waals surface area contributed by atoms with Crippen LogP contribution in [0, 0.1) is 0 Å². The maximum Gasteiger partial charge on any atom is 0.407 e. The van der Waals surface area contributed by atoms with Crippen molar-refractivity contribution in [3.05, 3.63) is 54.6 Å². The molecular weight excluding hydrogens is 370 g/mol. The average molecular weight is 395 g/mol. The Morgan fingerprint density at radius 3 is 2.83 bits per heavy atom. The zero-order valence-corrected chi connectivity index (χ0v) is 15.5. The maximum absolute atomic E-state index is 11.6. The zero-order chi connectivity index (χ0) is 17.0. The van der Waals surface area contributed by atoms with E-state index in [1.807, 2.05) is 30.3 Å². The van der Waals surface area contributed by atoms with Gasteiger partial charge in [-0.25, -0.2) is 13.9 Å². The van der Waals surface area contributed by atoms with Crippen LogP contribution in [-0.2, 0) is 24.4 Å². The molecule has 1 amide bonds. The number of ether oxygens (including phenoxy) is 1. The fourth-order valence-electron chi connectivity index (χ4n) is 2.32. The van der Waals surface area contributed by atoms with Gasteiger partial charge in [0, 0.05) is 18.3 Å². The van der Waals surface area contributed by atoms with Crippen molar-refractivity contribution in [2.75, 3.05) is 11.9 Å². The number of alkyl carbamates (subject to hydrolysis) is 1. The number of imidazole rings is 1. The van der Waals surface area contributed by atoms with Gasteiger partial charge in [0.15, 0.2) is 0 Å². The largest absolute Gasteiger partial charge is 0.445 e. The number of hydrogen-bond acceptors (Lipinski definition) is 2. The summed E-state index contributed by atoms with van der Waals surface area (Å²) in [7, 11) is 0. The summed E-state index contributed by atoms with van der Waals surface area (Å²) in [6, 6.07) is 9.68. The second-order valence-corrected chi connectivity index (χ2v) is 6.42. The molecule has 1 heterocycles. The number of nitrogens with one attached hydrogen (secondary N) is 1. The first kappa shape index (κ1) is 18.5. The Labute approximate surface area is 151 Å². The summed E-state index contributed by atoms with van der Waals surface area (Å²) >= 11 is 3.45. The molecular formula is C18H25BrN3O2+. The zero-order valence-electron chi connectivity index (χ0n) is 13.9. The van der Waals surface area contributed by atoms with Gasteiger partial charge in [0.2, 0.25) is 6.33 Å². The van der Waals surface area contributed by atoms with Gasteiger partial charge in [-0.05, 0) is 18.4 Å². The van der Waals surface area contributed by atoms with Crippen LogP contribution in [0.1, 0.15) is 24.8 Å². The standard InChI is InChI=1S/C18H24BrN3O2/c19-9-4-5-11-21-13-14-22(16-21)12-6-10-20-18(23)24-15-17-7-2-1-3-8-17/h1-3,7-8,13-14,16H,4-6,9-12,15H2/p+1. The summed E-state index contributed by atoms with van der Waals surface area (Å²) in [5, 5.41) is 3.84. The van der Waals surface area contributed by atoms with E-state index in [1.165, 1.54) is 12.8 Å². The third kappa shape index (κ3) is 7.17. The normalized spacial score (nSPS) is 10.5. The summed E-state index contributed by atoms with van der Waals surface area (Å²) in [5.41, 5.74) is 0.990. The Balaban J connectivity index is 1.56. The molecule has 0 saturated heterocycles. The van der Waals surface area contributed by atoms with Crippen LogP contribution in [-0.4, -0.2) is 22.5 Å². The molecule has 5 nitrogen and oxygen atoms in total. The number of hydrogen-bond donors (Lipinski definition) is 1. The molecule has 0 aliphatic rings. The van der Waals surface area contributed by atoms with E-state index in [0.29, 0.717) is 13.2 Å². The highest BCUT2D eigenvalue weighted by Crippen LogP contribution is 2.00. The Bertz CT molecular complexity index is 601. The second-order valence-electron chi connectivity index (χ2n) is 5.63. The third-order valence-corrected chi connectivity index (χ3v) is 4.18. The summed E-state index contributed by atoms with van der Waals surface area (Å²) < 4.78 is 9.52. The minimum Gasteiger partial charge on any atom is -0.445 e. The number of rotatable bonds is 10. The van der Waals surface area contributed by atoms with E-state index in [0.717, 1.165) is 30.4 Å². The first-order valence-electron chi connectivity index (χ1n) is 8.33. The van der Waals surface area contributed by atoms with Crippen LogP contribution in [0.15, 0.2) is 49.1 Å². The van der Waals surface area contributed by atoms with Crippen molar-refractivity contribution in [1.82, 2.24) is 9.88 Å². The number of carbonyl (C=O) groups excluding carboxylic acids is 1. The van der Waals surface area contributed by atoms with Gasteiger partial charge in [-0.15, -0.1) is 0 Å². The molecule has 1 N–H and O–H groups in total. The molecule has 1 aromatic heterocycles. The van der Waals surface area contributed by atoms with Crippen molar-refractivity contribution >= 4 is 22.0 Å². The molecule has 6 heteroatoms. The van der Waals surface area contributed by atoms with Gasteiger partial charge in [-0.2, -0.15) is 0 Å². The Morgan fingerprint density at radius 2 is 2.04 bits per heavy atom. The molecule has 0 unspecified atom stereocenters. The van der Waals surface area contributed by atoms with E-state index in [1.54, 1.807) is 0 Å². The van der Waals surface area contributed by atoms with Crippen molar-refractivity contribution in [3.8, 4) is 0 Å². The first-order chi connectivity index (χ1) is 11.8. The van der Waals surface area contributed by atoms with Crippen molar-refractivity contribution < 1.29 is 14.1 Å². The number of halogens is 1. The highest BCUT2D eigenvalue weighted by molar-refractivity contribution is 9.09. The van der Waals surface area contributed by atoms with Crippen molar-refractivity contribution in [1.29, 1.82) is 0 Å². The Kier molecular flexibility index (Phi) is 8.38. The fraction of sp³-hybridized carbons (Fsp3) is 0.444. The monoisotopic (exact) mass is 394 g/mol. The topological polar surface area (TPSA) is 47.1 Å². The molecule has 0 atom stereocenters. The van der Waals surface area contributed by atoms with Crippen molar-refractivity contribution in [2.45, 2.75) is 39.0 Å². The highest BCUT2D eigenvalue weighted by atomic mass is 79.9. The summed E-state index contributed by atoms with van der Waals surface area (Å²) in [6.45, 7) is 2.83. The smallest absolute Gasteiger partial charge is 0.407 e. The fourth-order valence-corrected chi connectivity index (χ4v) is 2.71. The molecule has 0 aliphatic heterocycles. The van der Waals surface area contributed by atoms with Crippen LogP contribution in [0.4, 0.5) is 4.79 Å². The summed E-state index contributed by atoms with van der Waals surface area (Å²) in [4.78, 5) is 11.6. The molecule has 0 spiro atoms. The molecule has 0 aliphatic carbocycles. The van der Waals surface area contributed by atoms with Crippen molar-refractivity contribution in [2.24, 2.45) is 0 Å². The molecule has 0 radical (unpaired) electrons. The van der Waals surface area contributed by atoms with Crippen LogP contribution in [0.25, 0.3) is 0 Å². The van der Waals surface area contributed by atoms with Gasteiger partial charge in [-0.3, -0.25) is 0 Å². The molecule has 2 rings (SSSR count). The highest BCUT2D eigenvalue weighted by Gasteiger charge is 2.05. The van der Waals surface area contributed by atoms with E-state index in [-0.39, 0.29) is 6.09 Å². The summed E-state index contributed by atoms with van der Waals surface area (Å²) in [5.74, 6) is 0. The molecule has 0 fully saturated rings. The van der Waals surface area contributed by atoms with Gasteiger partial charge in [0.05, 0.1) is 13.1 Å². The molecule has 1 aromatic carbocycles. The Morgan fingerprint density at radius 1 is 1.21 bits per heavy atom. The van der Waals surface area contributed by atoms with E-state index in [9.17, 15) is 4.79 Å². The van der Waals surface area contributed by atoms with Gasteiger partial charge in [0.25, 0.3) is 0 Å². The van der Waals surface area contributed by atoms with Crippen LogP contribution in [0.5, 0.6) is 0 Å². The van der Waals surface area contributed by atoms with Gasteiger partial charge >= 0.3 is 6.09 Å². The lowest BCUT2D eigenvalue weighted by atomic mass is 10.2. The number of carbonyl (C=O) groups is 1.